The Hall–Kier alpha value is -2.70. The average molecular weight is 316 g/mol. The Bertz CT molecular complexity index is 682. The van der Waals surface area contributed by atoms with Crippen LogP contribution in [0.4, 0.5) is 5.69 Å². The summed E-state index contributed by atoms with van der Waals surface area (Å²) in [6, 6.07) is 9.75. The molecule has 1 unspecified atom stereocenters. The number of aromatic nitrogens is 2. The van der Waals surface area contributed by atoms with Gasteiger partial charge in [-0.15, -0.1) is 0 Å². The molecular weight excluding hydrogens is 296 g/mol. The smallest absolute Gasteiger partial charge is 0.309 e. The molecule has 0 aliphatic heterocycles. The summed E-state index contributed by atoms with van der Waals surface area (Å²) in [5.74, 6) is -0.0988. The predicted octanol–water partition coefficient (Wildman–Crippen LogP) is 2.76. The van der Waals surface area contributed by atoms with E-state index in [1.807, 2.05) is 37.3 Å². The monoisotopic (exact) mass is 316 g/mol. The van der Waals surface area contributed by atoms with Gasteiger partial charge >= 0.3 is 5.69 Å². The number of nitrogens with one attached hydrogen (secondary N) is 1. The molecule has 7 heteroatoms. The van der Waals surface area contributed by atoms with E-state index in [4.69, 9.17) is 0 Å². The molecule has 23 heavy (non-hydrogen) atoms. The Kier molecular flexibility index (Phi) is 5.46. The van der Waals surface area contributed by atoms with Gasteiger partial charge in [-0.25, -0.2) is 0 Å². The summed E-state index contributed by atoms with van der Waals surface area (Å²) >= 11 is 0. The van der Waals surface area contributed by atoms with Gasteiger partial charge in [0.25, 0.3) is 0 Å². The Morgan fingerprint density at radius 2 is 2.09 bits per heavy atom. The highest BCUT2D eigenvalue weighted by Gasteiger charge is 2.17. The third-order valence-electron chi connectivity index (χ3n) is 3.77. The first kappa shape index (κ1) is 16.7. The molecule has 1 N–H and O–H groups in total. The highest BCUT2D eigenvalue weighted by molar-refractivity contribution is 5.76. The number of hydrogen-bond acceptors (Lipinski definition) is 4. The Labute approximate surface area is 134 Å². The minimum absolute atomic E-state index is 0.0267. The van der Waals surface area contributed by atoms with Gasteiger partial charge in [0.1, 0.15) is 11.9 Å². The Morgan fingerprint density at radius 1 is 1.39 bits per heavy atom. The van der Waals surface area contributed by atoms with E-state index < -0.39 is 4.92 Å². The van der Waals surface area contributed by atoms with Gasteiger partial charge in [0, 0.05) is 6.42 Å². The van der Waals surface area contributed by atoms with Crippen LogP contribution in [0.2, 0.25) is 0 Å². The molecule has 0 fully saturated rings. The third kappa shape index (κ3) is 4.15. The largest absolute Gasteiger partial charge is 0.349 e. The van der Waals surface area contributed by atoms with Crippen molar-refractivity contribution in [1.29, 1.82) is 0 Å². The first-order chi connectivity index (χ1) is 11.0. The molecule has 2 rings (SSSR count). The lowest BCUT2D eigenvalue weighted by atomic mass is 10.0. The Balaban J connectivity index is 1.93. The van der Waals surface area contributed by atoms with Crippen molar-refractivity contribution in [3.05, 3.63) is 57.9 Å². The molecule has 0 saturated carbocycles. The second kappa shape index (κ2) is 7.53. The number of rotatable bonds is 7. The van der Waals surface area contributed by atoms with Crippen LogP contribution < -0.4 is 5.32 Å². The van der Waals surface area contributed by atoms with Gasteiger partial charge in [-0.3, -0.25) is 19.6 Å². The summed E-state index contributed by atoms with van der Waals surface area (Å²) in [5.41, 5.74) is 1.49. The molecule has 1 aromatic heterocycles. The molecule has 0 saturated heterocycles. The first-order valence-corrected chi connectivity index (χ1v) is 7.54. The fraction of sp³-hybridized carbons (Fsp3) is 0.375. The zero-order chi connectivity index (χ0) is 16.8. The van der Waals surface area contributed by atoms with Crippen molar-refractivity contribution in [2.24, 2.45) is 0 Å². The predicted molar refractivity (Wildman–Crippen MR) is 85.9 cm³/mol. The standard InChI is InChI=1S/C16H20N4O3/c1-3-14(13-7-5-4-6-8-13)18-16(21)9-10-19-12(2)15(11-17-19)20(22)23/h4-8,11,14H,3,9-10H2,1-2H3,(H,18,21). The molecule has 122 valence electrons. The molecule has 1 aromatic carbocycles. The number of benzene rings is 1. The van der Waals surface area contributed by atoms with Crippen LogP contribution in [0.5, 0.6) is 0 Å². The maximum atomic E-state index is 12.1. The second-order valence-corrected chi connectivity index (χ2v) is 5.28. The molecule has 1 atom stereocenters. The van der Waals surface area contributed by atoms with Crippen LogP contribution >= 0.6 is 0 Å². The molecule has 1 heterocycles. The van der Waals surface area contributed by atoms with Gasteiger partial charge in [-0.05, 0) is 18.9 Å². The van der Waals surface area contributed by atoms with Gasteiger partial charge in [0.05, 0.1) is 17.5 Å². The lowest BCUT2D eigenvalue weighted by Crippen LogP contribution is -2.29. The van der Waals surface area contributed by atoms with Gasteiger partial charge < -0.3 is 5.32 Å². The minimum Gasteiger partial charge on any atom is -0.349 e. The Morgan fingerprint density at radius 3 is 2.65 bits per heavy atom. The van der Waals surface area contributed by atoms with E-state index in [1.54, 1.807) is 6.92 Å². The lowest BCUT2D eigenvalue weighted by Gasteiger charge is -2.17. The quantitative estimate of drug-likeness (QED) is 0.628. The summed E-state index contributed by atoms with van der Waals surface area (Å²) < 4.78 is 1.49. The van der Waals surface area contributed by atoms with Gasteiger partial charge in [-0.2, -0.15) is 5.10 Å². The fourth-order valence-electron chi connectivity index (χ4n) is 2.42. The van der Waals surface area contributed by atoms with Crippen molar-refractivity contribution < 1.29 is 9.72 Å². The topological polar surface area (TPSA) is 90.1 Å². The summed E-state index contributed by atoms with van der Waals surface area (Å²) in [7, 11) is 0. The number of nitrogens with zero attached hydrogens (tertiary/aromatic N) is 3. The zero-order valence-corrected chi connectivity index (χ0v) is 13.2. The molecule has 1 amide bonds. The van der Waals surface area contributed by atoms with E-state index in [2.05, 4.69) is 10.4 Å². The lowest BCUT2D eigenvalue weighted by molar-refractivity contribution is -0.385. The minimum atomic E-state index is -0.471. The van der Waals surface area contributed by atoms with Gasteiger partial charge in [0.2, 0.25) is 5.91 Å². The maximum absolute atomic E-state index is 12.1. The molecule has 2 aromatic rings. The molecule has 7 nitrogen and oxygen atoms in total. The van der Waals surface area contributed by atoms with Crippen molar-refractivity contribution in [3.63, 3.8) is 0 Å². The number of amides is 1. The molecule has 0 spiro atoms. The van der Waals surface area contributed by atoms with Crippen LogP contribution in [0, 0.1) is 17.0 Å². The highest BCUT2D eigenvalue weighted by atomic mass is 16.6. The molecule has 0 aliphatic rings. The van der Waals surface area contributed by atoms with Gasteiger partial charge in [0.15, 0.2) is 0 Å². The van der Waals surface area contributed by atoms with Crippen LogP contribution in [0.25, 0.3) is 0 Å². The van der Waals surface area contributed by atoms with Crippen molar-refractivity contribution in [2.75, 3.05) is 0 Å². The number of carbonyl (C=O) groups is 1. The van der Waals surface area contributed by atoms with Crippen LogP contribution in [0.1, 0.15) is 37.1 Å². The first-order valence-electron chi connectivity index (χ1n) is 7.54. The average Bonchev–Trinajstić information content (AvgIpc) is 2.92. The summed E-state index contributed by atoms with van der Waals surface area (Å²) in [6.07, 6.45) is 2.23. The van der Waals surface area contributed by atoms with E-state index in [0.717, 1.165) is 12.0 Å². The van der Waals surface area contributed by atoms with Crippen LogP contribution in [0.3, 0.4) is 0 Å². The van der Waals surface area contributed by atoms with Crippen LogP contribution in [-0.2, 0) is 11.3 Å². The number of hydrogen-bond donors (Lipinski definition) is 1. The summed E-state index contributed by atoms with van der Waals surface area (Å²) in [4.78, 5) is 22.4. The molecule has 0 radical (unpaired) electrons. The van der Waals surface area contributed by atoms with Crippen LogP contribution in [-0.4, -0.2) is 20.6 Å². The van der Waals surface area contributed by atoms with Crippen LogP contribution in [0.15, 0.2) is 36.5 Å². The normalized spacial score (nSPS) is 11.9. The zero-order valence-electron chi connectivity index (χ0n) is 13.2. The fourth-order valence-corrected chi connectivity index (χ4v) is 2.42. The van der Waals surface area contributed by atoms with E-state index in [-0.39, 0.29) is 24.1 Å². The van der Waals surface area contributed by atoms with Gasteiger partial charge in [-0.1, -0.05) is 37.3 Å². The van der Waals surface area contributed by atoms with E-state index in [1.165, 1.54) is 10.9 Å². The highest BCUT2D eigenvalue weighted by Crippen LogP contribution is 2.17. The van der Waals surface area contributed by atoms with Crippen molar-refractivity contribution in [1.82, 2.24) is 15.1 Å². The molecule has 0 bridgehead atoms. The maximum Gasteiger partial charge on any atom is 0.309 e. The van der Waals surface area contributed by atoms with E-state index in [9.17, 15) is 14.9 Å². The molecule has 0 aliphatic carbocycles. The number of aryl methyl sites for hydroxylation is 1. The second-order valence-electron chi connectivity index (χ2n) is 5.28. The third-order valence-corrected chi connectivity index (χ3v) is 3.77. The summed E-state index contributed by atoms with van der Waals surface area (Å²) in [6.45, 7) is 3.96. The van der Waals surface area contributed by atoms with Crippen molar-refractivity contribution in [2.45, 2.75) is 39.3 Å². The summed E-state index contributed by atoms with van der Waals surface area (Å²) in [5, 5.41) is 17.7. The van der Waals surface area contributed by atoms with E-state index in [0.29, 0.717) is 12.2 Å². The number of carbonyl (C=O) groups excluding carboxylic acids is 1. The molecular formula is C16H20N4O3. The van der Waals surface area contributed by atoms with Crippen molar-refractivity contribution >= 4 is 11.6 Å². The van der Waals surface area contributed by atoms with E-state index >= 15 is 0 Å². The number of nitro groups is 1. The van der Waals surface area contributed by atoms with Crippen molar-refractivity contribution in [3.8, 4) is 0 Å². The SMILES string of the molecule is CCC(NC(=O)CCn1ncc([N+](=O)[O-])c1C)c1ccccc1.